The van der Waals surface area contributed by atoms with E-state index in [0.29, 0.717) is 22.0 Å². The highest BCUT2D eigenvalue weighted by Gasteiger charge is 2.24. The van der Waals surface area contributed by atoms with Crippen LogP contribution in [0.1, 0.15) is 30.0 Å². The zero-order valence-corrected chi connectivity index (χ0v) is 13.6. The molecule has 0 saturated heterocycles. The van der Waals surface area contributed by atoms with E-state index in [2.05, 4.69) is 10.5 Å². The fourth-order valence-electron chi connectivity index (χ4n) is 2.04. The van der Waals surface area contributed by atoms with Gasteiger partial charge in [0.25, 0.3) is 0 Å². The third-order valence-corrected chi connectivity index (χ3v) is 3.30. The topological polar surface area (TPSA) is 81.4 Å². The van der Waals surface area contributed by atoms with Gasteiger partial charge in [0.05, 0.1) is 18.7 Å². The average molecular weight is 337 g/mol. The molecular weight excluding hydrogens is 320 g/mol. The monoisotopic (exact) mass is 336 g/mol. The number of halogens is 1. The summed E-state index contributed by atoms with van der Waals surface area (Å²) in [6, 6.07) is 7.41. The molecule has 2 aromatic rings. The number of carbonyl (C=O) groups is 2. The number of esters is 1. The van der Waals surface area contributed by atoms with Crippen molar-refractivity contribution >= 4 is 23.5 Å². The molecule has 1 amide bonds. The zero-order chi connectivity index (χ0) is 16.8. The maximum atomic E-state index is 12.2. The summed E-state index contributed by atoms with van der Waals surface area (Å²) in [5.41, 5.74) is 1.09. The quantitative estimate of drug-likeness (QED) is 0.820. The van der Waals surface area contributed by atoms with Crippen LogP contribution in [0.3, 0.4) is 0 Å². The lowest BCUT2D eigenvalue weighted by molar-refractivity contribution is -0.147. The second kappa shape index (κ2) is 7.78. The lowest BCUT2D eigenvalue weighted by atomic mass is 10.1. The predicted octanol–water partition coefficient (Wildman–Crippen LogP) is 2.60. The van der Waals surface area contributed by atoms with Crippen molar-refractivity contribution < 1.29 is 18.8 Å². The SMILES string of the molecule is CCOC(=O)[C@H](NC(=O)Cc1cc(C)on1)c1ccc(Cl)cc1. The van der Waals surface area contributed by atoms with E-state index in [1.807, 2.05) is 0 Å². The van der Waals surface area contributed by atoms with Crippen molar-refractivity contribution in [3.8, 4) is 0 Å². The second-order valence-electron chi connectivity index (χ2n) is 4.91. The van der Waals surface area contributed by atoms with Crippen LogP contribution in [-0.2, 0) is 20.7 Å². The van der Waals surface area contributed by atoms with Crippen molar-refractivity contribution in [1.29, 1.82) is 0 Å². The molecule has 0 bridgehead atoms. The van der Waals surface area contributed by atoms with Gasteiger partial charge in [-0.15, -0.1) is 0 Å². The van der Waals surface area contributed by atoms with E-state index >= 15 is 0 Å². The van der Waals surface area contributed by atoms with Crippen molar-refractivity contribution in [1.82, 2.24) is 10.5 Å². The first-order chi connectivity index (χ1) is 11.0. The maximum absolute atomic E-state index is 12.2. The van der Waals surface area contributed by atoms with Gasteiger partial charge in [-0.05, 0) is 31.5 Å². The summed E-state index contributed by atoms with van der Waals surface area (Å²) < 4.78 is 9.94. The highest BCUT2D eigenvalue weighted by atomic mass is 35.5. The van der Waals surface area contributed by atoms with Gasteiger partial charge in [-0.25, -0.2) is 4.79 Å². The number of carbonyl (C=O) groups excluding carboxylic acids is 2. The number of aromatic nitrogens is 1. The lowest BCUT2D eigenvalue weighted by Crippen LogP contribution is -2.35. The van der Waals surface area contributed by atoms with Crippen LogP contribution in [0.2, 0.25) is 5.02 Å². The predicted molar refractivity (Wildman–Crippen MR) is 83.9 cm³/mol. The molecule has 1 aromatic heterocycles. The summed E-state index contributed by atoms with van der Waals surface area (Å²) in [6.07, 6.45) is 0.0147. The van der Waals surface area contributed by atoms with Crippen molar-refractivity contribution in [2.24, 2.45) is 0 Å². The highest BCUT2D eigenvalue weighted by molar-refractivity contribution is 6.30. The summed E-state index contributed by atoms with van der Waals surface area (Å²) in [4.78, 5) is 24.3. The Kier molecular flexibility index (Phi) is 5.76. The standard InChI is InChI=1S/C16H17ClN2O4/c1-3-22-16(21)15(11-4-6-12(17)7-5-11)18-14(20)9-13-8-10(2)23-19-13/h4-8,15H,3,9H2,1-2H3,(H,18,20)/t15-/m1/s1. The zero-order valence-electron chi connectivity index (χ0n) is 12.8. The minimum atomic E-state index is -0.896. The Morgan fingerprint density at radius 2 is 2.04 bits per heavy atom. The average Bonchev–Trinajstić information content (AvgIpc) is 2.91. The number of hydrogen-bond acceptors (Lipinski definition) is 5. The summed E-state index contributed by atoms with van der Waals surface area (Å²) in [6.45, 7) is 3.67. The molecule has 0 saturated carbocycles. The summed E-state index contributed by atoms with van der Waals surface area (Å²) in [5, 5.41) is 6.96. The normalized spacial score (nSPS) is 11.8. The molecule has 0 aliphatic carbocycles. The Morgan fingerprint density at radius 3 is 2.61 bits per heavy atom. The van der Waals surface area contributed by atoms with E-state index in [4.69, 9.17) is 20.9 Å². The Balaban J connectivity index is 2.12. The second-order valence-corrected chi connectivity index (χ2v) is 5.35. The van der Waals surface area contributed by atoms with E-state index < -0.39 is 12.0 Å². The van der Waals surface area contributed by atoms with E-state index in [9.17, 15) is 9.59 Å². The van der Waals surface area contributed by atoms with Crippen LogP contribution in [0.25, 0.3) is 0 Å². The largest absolute Gasteiger partial charge is 0.464 e. The van der Waals surface area contributed by atoms with Gasteiger partial charge >= 0.3 is 5.97 Å². The molecule has 122 valence electrons. The maximum Gasteiger partial charge on any atom is 0.333 e. The molecule has 7 heteroatoms. The molecule has 0 radical (unpaired) electrons. The third kappa shape index (κ3) is 4.82. The molecule has 1 atom stereocenters. The molecule has 0 aliphatic rings. The van der Waals surface area contributed by atoms with Crippen LogP contribution >= 0.6 is 11.6 Å². The first-order valence-electron chi connectivity index (χ1n) is 7.13. The number of nitrogens with one attached hydrogen (secondary N) is 1. The number of rotatable bonds is 6. The Hall–Kier alpha value is -2.34. The summed E-state index contributed by atoms with van der Waals surface area (Å²) in [5.74, 6) is -0.266. The van der Waals surface area contributed by atoms with E-state index in [1.165, 1.54) is 0 Å². The highest BCUT2D eigenvalue weighted by Crippen LogP contribution is 2.18. The van der Waals surface area contributed by atoms with Crippen LogP contribution in [0.4, 0.5) is 0 Å². The molecule has 0 unspecified atom stereocenters. The lowest BCUT2D eigenvalue weighted by Gasteiger charge is -2.17. The summed E-state index contributed by atoms with van der Waals surface area (Å²) >= 11 is 5.85. The molecule has 6 nitrogen and oxygen atoms in total. The Labute approximate surface area is 138 Å². The Morgan fingerprint density at radius 1 is 1.35 bits per heavy atom. The molecule has 1 aromatic carbocycles. The Bertz CT molecular complexity index is 682. The van der Waals surface area contributed by atoms with E-state index in [0.717, 1.165) is 0 Å². The number of ether oxygens (including phenoxy) is 1. The van der Waals surface area contributed by atoms with E-state index in [-0.39, 0.29) is 18.9 Å². The van der Waals surface area contributed by atoms with Crippen LogP contribution in [0.5, 0.6) is 0 Å². The molecule has 1 heterocycles. The number of nitrogens with zero attached hydrogens (tertiary/aromatic N) is 1. The smallest absolute Gasteiger partial charge is 0.333 e. The summed E-state index contributed by atoms with van der Waals surface area (Å²) in [7, 11) is 0. The molecule has 0 aliphatic heterocycles. The first-order valence-corrected chi connectivity index (χ1v) is 7.51. The van der Waals surface area contributed by atoms with Crippen LogP contribution in [0, 0.1) is 6.92 Å². The van der Waals surface area contributed by atoms with Crippen molar-refractivity contribution in [3.63, 3.8) is 0 Å². The molecular formula is C16H17ClN2O4. The molecule has 0 fully saturated rings. The number of benzene rings is 1. The van der Waals surface area contributed by atoms with Crippen LogP contribution < -0.4 is 5.32 Å². The van der Waals surface area contributed by atoms with Crippen molar-refractivity contribution in [2.45, 2.75) is 26.3 Å². The minimum absolute atomic E-state index is 0.0147. The van der Waals surface area contributed by atoms with Gasteiger partial charge in [-0.3, -0.25) is 4.79 Å². The van der Waals surface area contributed by atoms with Crippen LogP contribution in [0.15, 0.2) is 34.9 Å². The van der Waals surface area contributed by atoms with Gasteiger partial charge < -0.3 is 14.6 Å². The van der Waals surface area contributed by atoms with Crippen molar-refractivity contribution in [2.75, 3.05) is 6.61 Å². The fourth-order valence-corrected chi connectivity index (χ4v) is 2.16. The molecule has 0 spiro atoms. The van der Waals surface area contributed by atoms with Gasteiger partial charge in [0.2, 0.25) is 5.91 Å². The van der Waals surface area contributed by atoms with Gasteiger partial charge in [-0.1, -0.05) is 28.9 Å². The van der Waals surface area contributed by atoms with Gasteiger partial charge in [0.15, 0.2) is 6.04 Å². The molecule has 1 N–H and O–H groups in total. The van der Waals surface area contributed by atoms with E-state index in [1.54, 1.807) is 44.2 Å². The van der Waals surface area contributed by atoms with Gasteiger partial charge in [0.1, 0.15) is 5.76 Å². The first kappa shape index (κ1) is 17.0. The molecule has 23 heavy (non-hydrogen) atoms. The van der Waals surface area contributed by atoms with Crippen LogP contribution in [-0.4, -0.2) is 23.6 Å². The number of hydrogen-bond donors (Lipinski definition) is 1. The van der Waals surface area contributed by atoms with Gasteiger partial charge in [-0.2, -0.15) is 0 Å². The molecule has 2 rings (SSSR count). The fraction of sp³-hybridized carbons (Fsp3) is 0.312. The third-order valence-electron chi connectivity index (χ3n) is 3.05. The van der Waals surface area contributed by atoms with Gasteiger partial charge in [0, 0.05) is 11.1 Å². The number of amides is 1. The number of aryl methyl sites for hydroxylation is 1. The minimum Gasteiger partial charge on any atom is -0.464 e. The van der Waals surface area contributed by atoms with Crippen molar-refractivity contribution in [3.05, 3.63) is 52.4 Å².